The summed E-state index contributed by atoms with van der Waals surface area (Å²) in [5, 5.41) is 3.20. The van der Waals surface area contributed by atoms with E-state index in [0.29, 0.717) is 17.7 Å². The van der Waals surface area contributed by atoms with Gasteiger partial charge in [0.2, 0.25) is 0 Å². The first-order valence-electron chi connectivity index (χ1n) is 3.91. The SMILES string of the molecule is CNC1CC[C@@H](C(C)=O)C1. The van der Waals surface area contributed by atoms with Gasteiger partial charge >= 0.3 is 0 Å². The normalized spacial score (nSPS) is 32.6. The lowest BCUT2D eigenvalue weighted by molar-refractivity contribution is -0.120. The van der Waals surface area contributed by atoms with Crippen molar-refractivity contribution >= 4 is 5.78 Å². The van der Waals surface area contributed by atoms with E-state index in [4.69, 9.17) is 0 Å². The van der Waals surface area contributed by atoms with Gasteiger partial charge in [0, 0.05) is 12.0 Å². The minimum atomic E-state index is 0.345. The van der Waals surface area contributed by atoms with Crippen LogP contribution in [0, 0.1) is 5.92 Å². The number of hydrogen-bond donors (Lipinski definition) is 1. The average molecular weight is 141 g/mol. The van der Waals surface area contributed by atoms with Crippen molar-refractivity contribution in [2.75, 3.05) is 7.05 Å². The number of carbonyl (C=O) groups is 1. The lowest BCUT2D eigenvalue weighted by atomic mass is 10.0. The first kappa shape index (κ1) is 7.73. The molecule has 1 aliphatic carbocycles. The zero-order valence-electron chi connectivity index (χ0n) is 6.68. The second-order valence-electron chi connectivity index (χ2n) is 3.11. The number of ketones is 1. The van der Waals surface area contributed by atoms with E-state index in [0.717, 1.165) is 12.8 Å². The predicted octanol–water partition coefficient (Wildman–Crippen LogP) is 0.964. The Balaban J connectivity index is 2.35. The third-order valence-electron chi connectivity index (χ3n) is 2.42. The van der Waals surface area contributed by atoms with Crippen molar-refractivity contribution in [3.05, 3.63) is 0 Å². The Hall–Kier alpha value is -0.370. The van der Waals surface area contributed by atoms with Crippen LogP contribution in [0.5, 0.6) is 0 Å². The molecular weight excluding hydrogens is 126 g/mol. The maximum Gasteiger partial charge on any atom is 0.132 e. The van der Waals surface area contributed by atoms with Crippen molar-refractivity contribution in [2.24, 2.45) is 5.92 Å². The fourth-order valence-corrected chi connectivity index (χ4v) is 1.61. The summed E-state index contributed by atoms with van der Waals surface area (Å²) in [6.45, 7) is 1.70. The molecule has 0 aromatic heterocycles. The second-order valence-corrected chi connectivity index (χ2v) is 3.11. The van der Waals surface area contributed by atoms with Gasteiger partial charge in [-0.1, -0.05) is 0 Å². The van der Waals surface area contributed by atoms with Crippen LogP contribution >= 0.6 is 0 Å². The summed E-state index contributed by atoms with van der Waals surface area (Å²) in [6.07, 6.45) is 3.30. The Morgan fingerprint density at radius 3 is 2.50 bits per heavy atom. The van der Waals surface area contributed by atoms with E-state index in [1.807, 2.05) is 7.05 Å². The van der Waals surface area contributed by atoms with Crippen LogP contribution in [-0.4, -0.2) is 18.9 Å². The summed E-state index contributed by atoms with van der Waals surface area (Å²) in [4.78, 5) is 10.9. The number of rotatable bonds is 2. The van der Waals surface area contributed by atoms with E-state index in [2.05, 4.69) is 5.32 Å². The van der Waals surface area contributed by atoms with Gasteiger partial charge in [0.1, 0.15) is 5.78 Å². The van der Waals surface area contributed by atoms with Crippen LogP contribution in [0.2, 0.25) is 0 Å². The molecule has 0 amide bonds. The topological polar surface area (TPSA) is 29.1 Å². The van der Waals surface area contributed by atoms with Gasteiger partial charge in [-0.15, -0.1) is 0 Å². The molecule has 0 aliphatic heterocycles. The largest absolute Gasteiger partial charge is 0.317 e. The molecule has 2 nitrogen and oxygen atoms in total. The first-order valence-corrected chi connectivity index (χ1v) is 3.91. The number of Topliss-reactive ketones (excluding diaryl/α,β-unsaturated/α-hetero) is 1. The van der Waals surface area contributed by atoms with Gasteiger partial charge < -0.3 is 5.32 Å². The fourth-order valence-electron chi connectivity index (χ4n) is 1.61. The molecule has 1 rings (SSSR count). The lowest BCUT2D eigenvalue weighted by Gasteiger charge is -2.06. The number of carbonyl (C=O) groups excluding carboxylic acids is 1. The molecule has 2 heteroatoms. The molecule has 0 aromatic rings. The molecule has 0 aromatic carbocycles. The molecule has 0 saturated heterocycles. The van der Waals surface area contributed by atoms with Gasteiger partial charge in [-0.3, -0.25) is 4.79 Å². The molecule has 0 radical (unpaired) electrons. The van der Waals surface area contributed by atoms with E-state index in [9.17, 15) is 4.79 Å². The Bertz CT molecular complexity index is 133. The van der Waals surface area contributed by atoms with Crippen LogP contribution < -0.4 is 5.32 Å². The third-order valence-corrected chi connectivity index (χ3v) is 2.42. The quantitative estimate of drug-likeness (QED) is 0.620. The van der Waals surface area contributed by atoms with Gasteiger partial charge in [-0.25, -0.2) is 0 Å². The molecule has 10 heavy (non-hydrogen) atoms. The highest BCUT2D eigenvalue weighted by Gasteiger charge is 2.25. The van der Waals surface area contributed by atoms with Crippen molar-refractivity contribution in [1.82, 2.24) is 5.32 Å². The summed E-state index contributed by atoms with van der Waals surface area (Å²) < 4.78 is 0. The summed E-state index contributed by atoms with van der Waals surface area (Å²) >= 11 is 0. The Morgan fingerprint density at radius 2 is 2.20 bits per heavy atom. The van der Waals surface area contributed by atoms with Crippen molar-refractivity contribution < 1.29 is 4.79 Å². The van der Waals surface area contributed by atoms with E-state index in [-0.39, 0.29) is 0 Å². The van der Waals surface area contributed by atoms with Crippen LogP contribution in [0.1, 0.15) is 26.2 Å². The van der Waals surface area contributed by atoms with Crippen LogP contribution in [-0.2, 0) is 4.79 Å². The lowest BCUT2D eigenvalue weighted by Crippen LogP contribution is -2.22. The number of hydrogen-bond acceptors (Lipinski definition) is 2. The van der Waals surface area contributed by atoms with E-state index < -0.39 is 0 Å². The zero-order valence-corrected chi connectivity index (χ0v) is 6.68. The van der Waals surface area contributed by atoms with E-state index >= 15 is 0 Å². The Kier molecular flexibility index (Phi) is 2.44. The zero-order chi connectivity index (χ0) is 7.56. The van der Waals surface area contributed by atoms with E-state index in [1.165, 1.54) is 6.42 Å². The maximum absolute atomic E-state index is 10.9. The van der Waals surface area contributed by atoms with E-state index in [1.54, 1.807) is 6.92 Å². The van der Waals surface area contributed by atoms with Crippen LogP contribution in [0.25, 0.3) is 0 Å². The van der Waals surface area contributed by atoms with Crippen LogP contribution in [0.4, 0.5) is 0 Å². The monoisotopic (exact) mass is 141 g/mol. The second kappa shape index (κ2) is 3.15. The molecule has 1 fully saturated rings. The van der Waals surface area contributed by atoms with Crippen molar-refractivity contribution in [3.8, 4) is 0 Å². The Labute approximate surface area is 62.0 Å². The van der Waals surface area contributed by atoms with Crippen LogP contribution in [0.3, 0.4) is 0 Å². The number of nitrogens with one attached hydrogen (secondary N) is 1. The van der Waals surface area contributed by atoms with Gasteiger partial charge in [0.25, 0.3) is 0 Å². The molecular formula is C8H15NO. The molecule has 0 spiro atoms. The highest BCUT2D eigenvalue weighted by atomic mass is 16.1. The molecule has 58 valence electrons. The first-order chi connectivity index (χ1) is 4.74. The minimum Gasteiger partial charge on any atom is -0.317 e. The van der Waals surface area contributed by atoms with Gasteiger partial charge in [0.15, 0.2) is 0 Å². The average Bonchev–Trinajstić information content (AvgIpc) is 2.34. The Morgan fingerprint density at radius 1 is 1.50 bits per heavy atom. The van der Waals surface area contributed by atoms with Gasteiger partial charge in [-0.2, -0.15) is 0 Å². The summed E-state index contributed by atoms with van der Waals surface area (Å²) in [5.74, 6) is 0.704. The van der Waals surface area contributed by atoms with Crippen LogP contribution in [0.15, 0.2) is 0 Å². The van der Waals surface area contributed by atoms with Gasteiger partial charge in [0.05, 0.1) is 0 Å². The van der Waals surface area contributed by atoms with Crippen molar-refractivity contribution in [2.45, 2.75) is 32.2 Å². The highest BCUT2D eigenvalue weighted by Crippen LogP contribution is 2.25. The minimum absolute atomic E-state index is 0.345. The van der Waals surface area contributed by atoms with Gasteiger partial charge in [-0.05, 0) is 33.2 Å². The molecule has 1 aliphatic rings. The highest BCUT2D eigenvalue weighted by molar-refractivity contribution is 5.78. The standard InChI is InChI=1S/C8H15NO/c1-6(10)7-3-4-8(5-7)9-2/h7-9H,3-5H2,1-2H3/t7-,8?/m1/s1. The molecule has 2 atom stereocenters. The predicted molar refractivity (Wildman–Crippen MR) is 40.9 cm³/mol. The smallest absolute Gasteiger partial charge is 0.132 e. The summed E-state index contributed by atoms with van der Waals surface area (Å²) in [6, 6.07) is 0.592. The van der Waals surface area contributed by atoms with Crippen molar-refractivity contribution in [1.29, 1.82) is 0 Å². The molecule has 1 N–H and O–H groups in total. The molecule has 0 heterocycles. The summed E-state index contributed by atoms with van der Waals surface area (Å²) in [5.41, 5.74) is 0. The maximum atomic E-state index is 10.9. The molecule has 1 saturated carbocycles. The summed E-state index contributed by atoms with van der Waals surface area (Å²) in [7, 11) is 1.97. The third kappa shape index (κ3) is 1.57. The molecule has 1 unspecified atom stereocenters. The van der Waals surface area contributed by atoms with Crippen molar-refractivity contribution in [3.63, 3.8) is 0 Å². The molecule has 0 bridgehead atoms. The fraction of sp³-hybridized carbons (Fsp3) is 0.875.